The normalized spacial score (nSPS) is 19.0. The Morgan fingerprint density at radius 2 is 2.43 bits per heavy atom. The lowest BCUT2D eigenvalue weighted by Gasteiger charge is -2.31. The maximum Gasteiger partial charge on any atom is 0.248 e. The highest BCUT2D eigenvalue weighted by molar-refractivity contribution is 7.22. The SMILES string of the molecule is CONC(=O)C1CCCN(c2nc3c(F)cccc3s2)C1. The minimum absolute atomic E-state index is 0.116. The highest BCUT2D eigenvalue weighted by atomic mass is 32.1. The van der Waals surface area contributed by atoms with Gasteiger partial charge in [0.05, 0.1) is 17.7 Å². The average molecular weight is 309 g/mol. The van der Waals surface area contributed by atoms with Crippen molar-refractivity contribution in [3.63, 3.8) is 0 Å². The van der Waals surface area contributed by atoms with Gasteiger partial charge in [-0.2, -0.15) is 0 Å². The van der Waals surface area contributed by atoms with Crippen LogP contribution in [0.25, 0.3) is 10.2 Å². The van der Waals surface area contributed by atoms with Crippen LogP contribution in [0.4, 0.5) is 9.52 Å². The number of hydroxylamine groups is 1. The molecule has 2 aromatic rings. The molecular weight excluding hydrogens is 293 g/mol. The number of hydrogen-bond donors (Lipinski definition) is 1. The van der Waals surface area contributed by atoms with E-state index >= 15 is 0 Å². The van der Waals surface area contributed by atoms with Gasteiger partial charge in [-0.25, -0.2) is 14.9 Å². The summed E-state index contributed by atoms with van der Waals surface area (Å²) in [5.74, 6) is -0.550. The van der Waals surface area contributed by atoms with Crippen LogP contribution in [-0.2, 0) is 9.63 Å². The first-order valence-corrected chi connectivity index (χ1v) is 7.63. The van der Waals surface area contributed by atoms with Gasteiger partial charge in [0.15, 0.2) is 5.13 Å². The Morgan fingerprint density at radius 1 is 1.57 bits per heavy atom. The van der Waals surface area contributed by atoms with Crippen molar-refractivity contribution in [1.82, 2.24) is 10.5 Å². The van der Waals surface area contributed by atoms with E-state index in [0.29, 0.717) is 12.1 Å². The molecule has 5 nitrogen and oxygen atoms in total. The number of benzene rings is 1. The van der Waals surface area contributed by atoms with Crippen molar-refractivity contribution >= 4 is 32.6 Å². The van der Waals surface area contributed by atoms with Crippen LogP contribution in [0.5, 0.6) is 0 Å². The Bertz CT molecular complexity index is 661. The molecule has 1 aliphatic heterocycles. The summed E-state index contributed by atoms with van der Waals surface area (Å²) in [7, 11) is 1.43. The lowest BCUT2D eigenvalue weighted by Crippen LogP contribution is -2.42. The quantitative estimate of drug-likeness (QED) is 0.884. The summed E-state index contributed by atoms with van der Waals surface area (Å²) in [4.78, 5) is 23.0. The first-order valence-electron chi connectivity index (χ1n) is 6.82. The summed E-state index contributed by atoms with van der Waals surface area (Å²) in [5, 5.41) is 0.769. The summed E-state index contributed by atoms with van der Waals surface area (Å²) in [5.41, 5.74) is 2.78. The molecule has 1 atom stereocenters. The molecule has 1 aromatic heterocycles. The lowest BCUT2D eigenvalue weighted by atomic mass is 9.98. The standard InChI is InChI=1S/C14H16FN3O2S/c1-20-17-13(19)9-4-3-7-18(8-9)14-16-12-10(15)5-2-6-11(12)21-14/h2,5-6,9H,3-4,7-8H2,1H3,(H,17,19). The fourth-order valence-corrected chi connectivity index (χ4v) is 3.60. The van der Waals surface area contributed by atoms with Crippen molar-refractivity contribution in [2.45, 2.75) is 12.8 Å². The van der Waals surface area contributed by atoms with Crippen LogP contribution in [0, 0.1) is 11.7 Å². The third-order valence-corrected chi connectivity index (χ3v) is 4.71. The highest BCUT2D eigenvalue weighted by Gasteiger charge is 2.27. The van der Waals surface area contributed by atoms with Crippen molar-refractivity contribution in [3.05, 3.63) is 24.0 Å². The zero-order chi connectivity index (χ0) is 14.8. The van der Waals surface area contributed by atoms with E-state index in [-0.39, 0.29) is 17.6 Å². The predicted octanol–water partition coefficient (Wildman–Crippen LogP) is 2.33. The van der Waals surface area contributed by atoms with Crippen molar-refractivity contribution in [2.24, 2.45) is 5.92 Å². The molecule has 0 radical (unpaired) electrons. The van der Waals surface area contributed by atoms with Crippen LogP contribution in [0.2, 0.25) is 0 Å². The van der Waals surface area contributed by atoms with E-state index in [4.69, 9.17) is 0 Å². The van der Waals surface area contributed by atoms with Gasteiger partial charge in [-0.05, 0) is 25.0 Å². The number of anilines is 1. The molecule has 1 saturated heterocycles. The maximum atomic E-state index is 13.7. The monoisotopic (exact) mass is 309 g/mol. The van der Waals surface area contributed by atoms with Gasteiger partial charge in [0.2, 0.25) is 5.91 Å². The fourth-order valence-electron chi connectivity index (χ4n) is 2.59. The zero-order valence-electron chi connectivity index (χ0n) is 11.6. The molecule has 0 spiro atoms. The Kier molecular flexibility index (Phi) is 4.03. The van der Waals surface area contributed by atoms with E-state index in [2.05, 4.69) is 15.3 Å². The van der Waals surface area contributed by atoms with Gasteiger partial charge in [-0.15, -0.1) is 0 Å². The molecule has 1 unspecified atom stereocenters. The molecule has 0 bridgehead atoms. The molecule has 21 heavy (non-hydrogen) atoms. The van der Waals surface area contributed by atoms with E-state index in [1.54, 1.807) is 6.07 Å². The smallest absolute Gasteiger partial charge is 0.248 e. The van der Waals surface area contributed by atoms with Gasteiger partial charge < -0.3 is 4.90 Å². The first kappa shape index (κ1) is 14.2. The molecule has 1 N–H and O–H groups in total. The third-order valence-electron chi connectivity index (χ3n) is 3.62. The van der Waals surface area contributed by atoms with E-state index in [9.17, 15) is 9.18 Å². The van der Waals surface area contributed by atoms with E-state index in [1.807, 2.05) is 11.0 Å². The van der Waals surface area contributed by atoms with Crippen molar-refractivity contribution in [2.75, 3.05) is 25.1 Å². The number of hydrogen-bond acceptors (Lipinski definition) is 5. The third kappa shape index (κ3) is 2.84. The number of halogens is 1. The fraction of sp³-hybridized carbons (Fsp3) is 0.429. The van der Waals surface area contributed by atoms with Gasteiger partial charge in [0.25, 0.3) is 0 Å². The van der Waals surface area contributed by atoms with Crippen molar-refractivity contribution in [3.8, 4) is 0 Å². The molecule has 0 aliphatic carbocycles. The van der Waals surface area contributed by atoms with Crippen LogP contribution < -0.4 is 10.4 Å². The van der Waals surface area contributed by atoms with E-state index < -0.39 is 0 Å². The van der Waals surface area contributed by atoms with E-state index in [1.165, 1.54) is 24.5 Å². The maximum absolute atomic E-state index is 13.7. The first-order chi connectivity index (χ1) is 10.2. The summed E-state index contributed by atoms with van der Waals surface area (Å²) >= 11 is 1.46. The lowest BCUT2D eigenvalue weighted by molar-refractivity contribution is -0.135. The Balaban J connectivity index is 1.81. The number of para-hydroxylation sites is 1. The molecule has 112 valence electrons. The molecule has 1 aliphatic rings. The summed E-state index contributed by atoms with van der Waals surface area (Å²) in [6, 6.07) is 4.96. The van der Waals surface area contributed by atoms with Gasteiger partial charge >= 0.3 is 0 Å². The average Bonchev–Trinajstić information content (AvgIpc) is 2.93. The molecule has 1 amide bonds. The topological polar surface area (TPSA) is 54.5 Å². The number of carbonyl (C=O) groups is 1. The van der Waals surface area contributed by atoms with Crippen LogP contribution in [0.3, 0.4) is 0 Å². The Labute approximate surface area is 125 Å². The number of nitrogens with zero attached hydrogens (tertiary/aromatic N) is 2. The van der Waals surface area contributed by atoms with Crippen molar-refractivity contribution in [1.29, 1.82) is 0 Å². The zero-order valence-corrected chi connectivity index (χ0v) is 12.5. The molecule has 1 aromatic carbocycles. The molecule has 1 fully saturated rings. The van der Waals surface area contributed by atoms with Gasteiger partial charge in [0, 0.05) is 13.1 Å². The highest BCUT2D eigenvalue weighted by Crippen LogP contribution is 2.32. The number of carbonyl (C=O) groups excluding carboxylic acids is 1. The number of amides is 1. The number of piperidine rings is 1. The van der Waals surface area contributed by atoms with Gasteiger partial charge in [-0.1, -0.05) is 17.4 Å². The van der Waals surface area contributed by atoms with Crippen molar-refractivity contribution < 1.29 is 14.0 Å². The summed E-state index contributed by atoms with van der Waals surface area (Å²) < 4.78 is 14.5. The second-order valence-corrected chi connectivity index (χ2v) is 6.05. The second kappa shape index (κ2) is 5.95. The number of nitrogens with one attached hydrogen (secondary N) is 1. The predicted molar refractivity (Wildman–Crippen MR) is 79.7 cm³/mol. The number of fused-ring (bicyclic) bond motifs is 1. The largest absolute Gasteiger partial charge is 0.347 e. The summed E-state index contributed by atoms with van der Waals surface area (Å²) in [6.45, 7) is 1.41. The van der Waals surface area contributed by atoms with Gasteiger partial charge in [0.1, 0.15) is 11.3 Å². The minimum Gasteiger partial charge on any atom is -0.347 e. The molecular formula is C14H16FN3O2S. The van der Waals surface area contributed by atoms with Crippen LogP contribution in [0.1, 0.15) is 12.8 Å². The van der Waals surface area contributed by atoms with Crippen LogP contribution in [0.15, 0.2) is 18.2 Å². The number of aromatic nitrogens is 1. The Hall–Kier alpha value is -1.73. The minimum atomic E-state index is -0.305. The number of rotatable bonds is 3. The van der Waals surface area contributed by atoms with Crippen LogP contribution >= 0.6 is 11.3 Å². The number of thiazole rings is 1. The van der Waals surface area contributed by atoms with Gasteiger partial charge in [-0.3, -0.25) is 9.63 Å². The van der Waals surface area contributed by atoms with Crippen LogP contribution in [-0.4, -0.2) is 31.1 Å². The van der Waals surface area contributed by atoms with E-state index in [0.717, 1.165) is 29.2 Å². The molecule has 7 heteroatoms. The molecule has 0 saturated carbocycles. The summed E-state index contributed by atoms with van der Waals surface area (Å²) in [6.07, 6.45) is 1.73. The molecule has 2 heterocycles. The second-order valence-electron chi connectivity index (χ2n) is 5.04. The Morgan fingerprint density at radius 3 is 3.19 bits per heavy atom. The molecule has 3 rings (SSSR count).